The van der Waals surface area contributed by atoms with Crippen LogP contribution < -0.4 is 5.90 Å². The number of aromatic nitrogens is 1. The normalized spacial score (nSPS) is 22.9. The molecular weight excluding hydrogens is 190 g/mol. The van der Waals surface area contributed by atoms with Crippen molar-refractivity contribution >= 4 is 0 Å². The second-order valence-electron chi connectivity index (χ2n) is 3.99. The fourth-order valence-electron chi connectivity index (χ4n) is 2.01. The molecule has 1 saturated heterocycles. The summed E-state index contributed by atoms with van der Waals surface area (Å²) in [7, 11) is 0. The molecule has 1 fully saturated rings. The van der Waals surface area contributed by atoms with E-state index in [1.54, 1.807) is 0 Å². The average Bonchev–Trinajstić information content (AvgIpc) is 2.31. The Kier molecular flexibility index (Phi) is 3.66. The first-order chi connectivity index (χ1) is 7.38. The quantitative estimate of drug-likeness (QED) is 0.749. The number of hydrogen-bond acceptors (Lipinski definition) is 4. The maximum absolute atomic E-state index is 5.22. The summed E-state index contributed by atoms with van der Waals surface area (Å²) in [4.78, 5) is 11.3. The molecule has 2 rings (SSSR count). The Labute approximate surface area is 90.0 Å². The lowest BCUT2D eigenvalue weighted by Gasteiger charge is -2.31. The van der Waals surface area contributed by atoms with Crippen molar-refractivity contribution in [1.82, 2.24) is 9.88 Å². The highest BCUT2D eigenvalue weighted by Gasteiger charge is 2.19. The highest BCUT2D eigenvalue weighted by Crippen LogP contribution is 2.14. The number of nitrogens with zero attached hydrogens (tertiary/aromatic N) is 2. The number of piperidine rings is 1. The zero-order valence-corrected chi connectivity index (χ0v) is 8.80. The van der Waals surface area contributed by atoms with Crippen LogP contribution in [0.3, 0.4) is 0 Å². The van der Waals surface area contributed by atoms with E-state index in [0.29, 0.717) is 0 Å². The molecule has 1 aliphatic rings. The van der Waals surface area contributed by atoms with E-state index in [1.807, 2.05) is 24.5 Å². The topological polar surface area (TPSA) is 51.4 Å². The van der Waals surface area contributed by atoms with Crippen molar-refractivity contribution in [2.75, 3.05) is 13.1 Å². The van der Waals surface area contributed by atoms with Gasteiger partial charge in [0.25, 0.3) is 0 Å². The van der Waals surface area contributed by atoms with Crippen LogP contribution in [0, 0.1) is 0 Å². The predicted molar refractivity (Wildman–Crippen MR) is 57.8 cm³/mol. The molecule has 0 aromatic carbocycles. The van der Waals surface area contributed by atoms with Crippen molar-refractivity contribution in [2.24, 2.45) is 5.90 Å². The van der Waals surface area contributed by atoms with Crippen LogP contribution in [-0.4, -0.2) is 29.1 Å². The van der Waals surface area contributed by atoms with Crippen molar-refractivity contribution in [3.8, 4) is 0 Å². The van der Waals surface area contributed by atoms with Crippen LogP contribution in [-0.2, 0) is 11.4 Å². The molecule has 1 aromatic heterocycles. The highest BCUT2D eigenvalue weighted by molar-refractivity contribution is 5.09. The number of nitrogens with two attached hydrogens (primary N) is 1. The minimum absolute atomic E-state index is 0.195. The van der Waals surface area contributed by atoms with E-state index >= 15 is 0 Å². The molecule has 2 N–H and O–H groups in total. The van der Waals surface area contributed by atoms with Crippen LogP contribution in [0.1, 0.15) is 18.4 Å². The minimum atomic E-state index is 0.195. The molecule has 4 heteroatoms. The van der Waals surface area contributed by atoms with Gasteiger partial charge >= 0.3 is 0 Å². The Morgan fingerprint density at radius 2 is 2.27 bits per heavy atom. The van der Waals surface area contributed by atoms with Gasteiger partial charge in [-0.25, -0.2) is 5.90 Å². The van der Waals surface area contributed by atoms with Gasteiger partial charge in [0.1, 0.15) is 0 Å². The molecule has 0 aliphatic carbocycles. The van der Waals surface area contributed by atoms with Gasteiger partial charge in [0, 0.05) is 25.5 Å². The van der Waals surface area contributed by atoms with E-state index in [2.05, 4.69) is 9.88 Å². The standard InChI is InChI=1S/C11H17N3O/c12-15-11-2-1-7-14(9-11)8-10-3-5-13-6-4-10/h3-6,11H,1-2,7-9,12H2. The highest BCUT2D eigenvalue weighted by atomic mass is 16.6. The molecule has 1 aromatic rings. The predicted octanol–water partition coefficient (Wildman–Crippen LogP) is 0.936. The van der Waals surface area contributed by atoms with Crippen LogP contribution in [0.4, 0.5) is 0 Å². The second kappa shape index (κ2) is 5.21. The molecule has 4 nitrogen and oxygen atoms in total. The third-order valence-corrected chi connectivity index (χ3v) is 2.81. The maximum atomic E-state index is 5.22. The molecular formula is C11H17N3O. The Morgan fingerprint density at radius 1 is 1.47 bits per heavy atom. The first-order valence-electron chi connectivity index (χ1n) is 5.35. The number of likely N-dealkylation sites (tertiary alicyclic amines) is 1. The number of rotatable bonds is 3. The summed E-state index contributed by atoms with van der Waals surface area (Å²) in [5, 5.41) is 0. The maximum Gasteiger partial charge on any atom is 0.0914 e. The second-order valence-corrected chi connectivity index (χ2v) is 3.99. The van der Waals surface area contributed by atoms with E-state index in [9.17, 15) is 0 Å². The van der Waals surface area contributed by atoms with Gasteiger partial charge in [-0.1, -0.05) is 0 Å². The summed E-state index contributed by atoms with van der Waals surface area (Å²) < 4.78 is 0. The number of pyridine rings is 1. The van der Waals surface area contributed by atoms with Gasteiger partial charge in [-0.05, 0) is 37.1 Å². The minimum Gasteiger partial charge on any atom is -0.300 e. The van der Waals surface area contributed by atoms with E-state index in [4.69, 9.17) is 10.7 Å². The van der Waals surface area contributed by atoms with E-state index in [1.165, 1.54) is 5.56 Å². The zero-order chi connectivity index (χ0) is 10.5. The van der Waals surface area contributed by atoms with E-state index in [0.717, 1.165) is 32.5 Å². The molecule has 1 aliphatic heterocycles. The van der Waals surface area contributed by atoms with Gasteiger partial charge < -0.3 is 0 Å². The number of hydrogen-bond donors (Lipinski definition) is 1. The Hall–Kier alpha value is -0.970. The summed E-state index contributed by atoms with van der Waals surface area (Å²) in [5.74, 6) is 5.22. The van der Waals surface area contributed by atoms with Crippen molar-refractivity contribution in [3.63, 3.8) is 0 Å². The first kappa shape index (κ1) is 10.5. The summed E-state index contributed by atoms with van der Waals surface area (Å²) in [6, 6.07) is 4.10. The third-order valence-electron chi connectivity index (χ3n) is 2.81. The van der Waals surface area contributed by atoms with Gasteiger partial charge in [-0.3, -0.25) is 14.7 Å². The molecule has 0 saturated carbocycles. The van der Waals surface area contributed by atoms with Crippen molar-refractivity contribution < 1.29 is 4.84 Å². The smallest absolute Gasteiger partial charge is 0.0914 e. The Morgan fingerprint density at radius 3 is 3.00 bits per heavy atom. The molecule has 1 unspecified atom stereocenters. The lowest BCUT2D eigenvalue weighted by atomic mass is 10.1. The largest absolute Gasteiger partial charge is 0.300 e. The fraction of sp³-hybridized carbons (Fsp3) is 0.545. The molecule has 2 heterocycles. The van der Waals surface area contributed by atoms with Crippen molar-refractivity contribution in [1.29, 1.82) is 0 Å². The first-order valence-corrected chi connectivity index (χ1v) is 5.35. The molecule has 0 amide bonds. The molecule has 82 valence electrons. The Bertz CT molecular complexity index is 291. The van der Waals surface area contributed by atoms with Crippen LogP contribution in [0.2, 0.25) is 0 Å². The molecule has 15 heavy (non-hydrogen) atoms. The van der Waals surface area contributed by atoms with Crippen LogP contribution in [0.15, 0.2) is 24.5 Å². The monoisotopic (exact) mass is 207 g/mol. The van der Waals surface area contributed by atoms with Gasteiger partial charge in [0.15, 0.2) is 0 Å². The van der Waals surface area contributed by atoms with E-state index in [-0.39, 0.29) is 6.10 Å². The third kappa shape index (κ3) is 2.99. The lowest BCUT2D eigenvalue weighted by Crippen LogP contribution is -2.40. The van der Waals surface area contributed by atoms with Crippen LogP contribution in [0.25, 0.3) is 0 Å². The molecule has 0 radical (unpaired) electrons. The average molecular weight is 207 g/mol. The van der Waals surface area contributed by atoms with Crippen molar-refractivity contribution in [3.05, 3.63) is 30.1 Å². The molecule has 0 bridgehead atoms. The zero-order valence-electron chi connectivity index (χ0n) is 8.80. The van der Waals surface area contributed by atoms with E-state index < -0.39 is 0 Å². The SMILES string of the molecule is NOC1CCCN(Cc2ccncc2)C1. The lowest BCUT2D eigenvalue weighted by molar-refractivity contribution is -0.00367. The Balaban J connectivity index is 1.89. The summed E-state index contributed by atoms with van der Waals surface area (Å²) in [6.07, 6.45) is 6.09. The summed E-state index contributed by atoms with van der Waals surface area (Å²) in [6.45, 7) is 3.02. The molecule has 0 spiro atoms. The van der Waals surface area contributed by atoms with Crippen molar-refractivity contribution in [2.45, 2.75) is 25.5 Å². The summed E-state index contributed by atoms with van der Waals surface area (Å²) in [5.41, 5.74) is 1.29. The van der Waals surface area contributed by atoms with Gasteiger partial charge in [0.2, 0.25) is 0 Å². The fourth-order valence-corrected chi connectivity index (χ4v) is 2.01. The van der Waals surface area contributed by atoms with Gasteiger partial charge in [-0.15, -0.1) is 0 Å². The van der Waals surface area contributed by atoms with Gasteiger partial charge in [0.05, 0.1) is 6.10 Å². The van der Waals surface area contributed by atoms with Crippen LogP contribution in [0.5, 0.6) is 0 Å². The molecule has 1 atom stereocenters. The summed E-state index contributed by atoms with van der Waals surface area (Å²) >= 11 is 0. The van der Waals surface area contributed by atoms with Crippen LogP contribution >= 0.6 is 0 Å². The van der Waals surface area contributed by atoms with Gasteiger partial charge in [-0.2, -0.15) is 0 Å².